The molecule has 1 aromatic heterocycles. The summed E-state index contributed by atoms with van der Waals surface area (Å²) < 4.78 is 0. The molecular formula is C16H19N3O2S. The summed E-state index contributed by atoms with van der Waals surface area (Å²) in [7, 11) is 0. The molecule has 0 saturated carbocycles. The molecule has 1 heterocycles. The van der Waals surface area contributed by atoms with Crippen LogP contribution in [-0.4, -0.2) is 16.8 Å². The molecule has 0 aliphatic carbocycles. The normalized spacial score (nSPS) is 10.4. The second kappa shape index (κ2) is 6.70. The Kier molecular flexibility index (Phi) is 4.92. The van der Waals surface area contributed by atoms with Crippen molar-refractivity contribution in [2.24, 2.45) is 0 Å². The number of anilines is 2. The number of aromatic nitrogens is 1. The Morgan fingerprint density at radius 1 is 1.14 bits per heavy atom. The summed E-state index contributed by atoms with van der Waals surface area (Å²) in [4.78, 5) is 29.3. The number of carbonyl (C=O) groups is 2. The molecule has 0 aliphatic rings. The van der Waals surface area contributed by atoms with Gasteiger partial charge < -0.3 is 5.32 Å². The topological polar surface area (TPSA) is 71.1 Å². The summed E-state index contributed by atoms with van der Waals surface area (Å²) in [6.07, 6.45) is 0.782. The van der Waals surface area contributed by atoms with E-state index in [1.807, 2.05) is 45.9 Å². The lowest BCUT2D eigenvalue weighted by Crippen LogP contribution is -2.29. The molecule has 1 aromatic carbocycles. The van der Waals surface area contributed by atoms with E-state index >= 15 is 0 Å². The van der Waals surface area contributed by atoms with Crippen LogP contribution in [0, 0.1) is 20.8 Å². The molecule has 22 heavy (non-hydrogen) atoms. The van der Waals surface area contributed by atoms with Gasteiger partial charge in [0, 0.05) is 10.6 Å². The molecule has 5 nitrogen and oxygen atoms in total. The van der Waals surface area contributed by atoms with Crippen molar-refractivity contribution < 1.29 is 9.59 Å². The van der Waals surface area contributed by atoms with Crippen LogP contribution in [0.5, 0.6) is 0 Å². The molecule has 2 rings (SSSR count). The third-order valence-electron chi connectivity index (χ3n) is 3.43. The highest BCUT2D eigenvalue weighted by Gasteiger charge is 2.18. The fraction of sp³-hybridized carbons (Fsp3) is 0.312. The number of para-hydroxylation sites is 1. The standard InChI is InChI=1S/C16H19N3O2S/c1-5-12-8-6-7-9(2)13(12)18-14(20)15(21)19-16-17-10(3)11(4)22-16/h6-8H,5H2,1-4H3,(H,18,20)(H,17,19,21). The van der Waals surface area contributed by atoms with Gasteiger partial charge in [-0.15, -0.1) is 11.3 Å². The fourth-order valence-corrected chi connectivity index (χ4v) is 2.86. The second-order valence-electron chi connectivity index (χ2n) is 5.03. The lowest BCUT2D eigenvalue weighted by molar-refractivity contribution is -0.133. The van der Waals surface area contributed by atoms with E-state index in [0.29, 0.717) is 10.8 Å². The van der Waals surface area contributed by atoms with Crippen LogP contribution in [0.3, 0.4) is 0 Å². The maximum absolute atomic E-state index is 12.1. The number of aryl methyl sites for hydroxylation is 4. The van der Waals surface area contributed by atoms with Crippen molar-refractivity contribution in [3.05, 3.63) is 39.9 Å². The van der Waals surface area contributed by atoms with E-state index in [2.05, 4.69) is 15.6 Å². The Labute approximate surface area is 133 Å². The minimum Gasteiger partial charge on any atom is -0.317 e. The monoisotopic (exact) mass is 317 g/mol. The SMILES string of the molecule is CCc1cccc(C)c1NC(=O)C(=O)Nc1nc(C)c(C)s1. The molecule has 0 fully saturated rings. The zero-order chi connectivity index (χ0) is 16.3. The summed E-state index contributed by atoms with van der Waals surface area (Å²) in [5, 5.41) is 5.67. The minimum atomic E-state index is -0.709. The van der Waals surface area contributed by atoms with Crippen molar-refractivity contribution in [2.75, 3.05) is 10.6 Å². The van der Waals surface area contributed by atoms with Crippen molar-refractivity contribution in [3.8, 4) is 0 Å². The highest BCUT2D eigenvalue weighted by Crippen LogP contribution is 2.22. The number of hydrogen-bond acceptors (Lipinski definition) is 4. The molecule has 0 spiro atoms. The maximum Gasteiger partial charge on any atom is 0.315 e. The summed E-state index contributed by atoms with van der Waals surface area (Å²) >= 11 is 1.35. The van der Waals surface area contributed by atoms with Gasteiger partial charge >= 0.3 is 11.8 Å². The predicted octanol–water partition coefficient (Wildman–Crippen LogP) is 3.21. The molecule has 0 atom stereocenters. The van der Waals surface area contributed by atoms with E-state index < -0.39 is 11.8 Å². The van der Waals surface area contributed by atoms with Gasteiger partial charge in [0.25, 0.3) is 0 Å². The molecule has 0 unspecified atom stereocenters. The number of thiazole rings is 1. The fourth-order valence-electron chi connectivity index (χ4n) is 2.05. The molecule has 0 aliphatic heterocycles. The van der Waals surface area contributed by atoms with E-state index in [1.54, 1.807) is 0 Å². The molecule has 0 bridgehead atoms. The number of nitrogens with zero attached hydrogens (tertiary/aromatic N) is 1. The van der Waals surface area contributed by atoms with Gasteiger partial charge in [-0.1, -0.05) is 25.1 Å². The number of carbonyl (C=O) groups excluding carboxylic acids is 2. The Balaban J connectivity index is 2.10. The molecule has 116 valence electrons. The van der Waals surface area contributed by atoms with E-state index in [1.165, 1.54) is 11.3 Å². The summed E-state index contributed by atoms with van der Waals surface area (Å²) in [5.41, 5.74) is 3.49. The summed E-state index contributed by atoms with van der Waals surface area (Å²) in [6.45, 7) is 7.69. The molecule has 2 aromatic rings. The van der Waals surface area contributed by atoms with E-state index in [4.69, 9.17) is 0 Å². The first-order chi connectivity index (χ1) is 10.4. The first-order valence-electron chi connectivity index (χ1n) is 7.07. The zero-order valence-corrected chi connectivity index (χ0v) is 13.9. The van der Waals surface area contributed by atoms with Crippen molar-refractivity contribution >= 4 is 34.0 Å². The first-order valence-corrected chi connectivity index (χ1v) is 7.88. The Bertz CT molecular complexity index is 703. The van der Waals surface area contributed by atoms with Crippen molar-refractivity contribution in [2.45, 2.75) is 34.1 Å². The van der Waals surface area contributed by atoms with E-state index in [0.717, 1.165) is 28.1 Å². The molecule has 2 N–H and O–H groups in total. The number of amides is 2. The van der Waals surface area contributed by atoms with Crippen LogP contribution in [0.4, 0.5) is 10.8 Å². The van der Waals surface area contributed by atoms with Crippen LogP contribution >= 0.6 is 11.3 Å². The van der Waals surface area contributed by atoms with Crippen LogP contribution in [-0.2, 0) is 16.0 Å². The van der Waals surface area contributed by atoms with Crippen LogP contribution in [0.2, 0.25) is 0 Å². The van der Waals surface area contributed by atoms with Crippen LogP contribution in [0.1, 0.15) is 28.6 Å². The van der Waals surface area contributed by atoms with Crippen LogP contribution in [0.25, 0.3) is 0 Å². The molecule has 0 saturated heterocycles. The number of benzene rings is 1. The number of hydrogen-bond donors (Lipinski definition) is 2. The lowest BCUT2D eigenvalue weighted by Gasteiger charge is -2.12. The lowest BCUT2D eigenvalue weighted by atomic mass is 10.1. The van der Waals surface area contributed by atoms with E-state index in [-0.39, 0.29) is 0 Å². The van der Waals surface area contributed by atoms with Gasteiger partial charge in [0.15, 0.2) is 5.13 Å². The van der Waals surface area contributed by atoms with Crippen molar-refractivity contribution in [1.29, 1.82) is 0 Å². The average Bonchev–Trinajstić information content (AvgIpc) is 2.79. The smallest absolute Gasteiger partial charge is 0.315 e. The maximum atomic E-state index is 12.1. The zero-order valence-electron chi connectivity index (χ0n) is 13.1. The van der Waals surface area contributed by atoms with Crippen LogP contribution < -0.4 is 10.6 Å². The van der Waals surface area contributed by atoms with Gasteiger partial charge in [0.1, 0.15) is 0 Å². The predicted molar refractivity (Wildman–Crippen MR) is 89.4 cm³/mol. The average molecular weight is 317 g/mol. The number of rotatable bonds is 3. The Morgan fingerprint density at radius 2 is 1.82 bits per heavy atom. The van der Waals surface area contributed by atoms with Gasteiger partial charge in [0.05, 0.1) is 5.69 Å². The van der Waals surface area contributed by atoms with Gasteiger partial charge in [-0.25, -0.2) is 4.98 Å². The third kappa shape index (κ3) is 3.51. The van der Waals surface area contributed by atoms with Crippen molar-refractivity contribution in [1.82, 2.24) is 4.98 Å². The third-order valence-corrected chi connectivity index (χ3v) is 4.42. The molecular weight excluding hydrogens is 298 g/mol. The summed E-state index contributed by atoms with van der Waals surface area (Å²) in [6, 6.07) is 5.78. The highest BCUT2D eigenvalue weighted by atomic mass is 32.1. The van der Waals surface area contributed by atoms with Gasteiger partial charge in [0.2, 0.25) is 0 Å². The van der Waals surface area contributed by atoms with Crippen molar-refractivity contribution in [3.63, 3.8) is 0 Å². The molecule has 0 radical (unpaired) electrons. The highest BCUT2D eigenvalue weighted by molar-refractivity contribution is 7.15. The minimum absolute atomic E-state index is 0.440. The largest absolute Gasteiger partial charge is 0.317 e. The van der Waals surface area contributed by atoms with Gasteiger partial charge in [-0.3, -0.25) is 14.9 Å². The number of nitrogens with one attached hydrogen (secondary N) is 2. The Hall–Kier alpha value is -2.21. The molecule has 2 amide bonds. The summed E-state index contributed by atoms with van der Waals surface area (Å²) in [5.74, 6) is -1.39. The quantitative estimate of drug-likeness (QED) is 0.854. The Morgan fingerprint density at radius 3 is 2.41 bits per heavy atom. The van der Waals surface area contributed by atoms with E-state index in [9.17, 15) is 9.59 Å². The van der Waals surface area contributed by atoms with Gasteiger partial charge in [-0.2, -0.15) is 0 Å². The first kappa shape index (κ1) is 16.2. The van der Waals surface area contributed by atoms with Gasteiger partial charge in [-0.05, 0) is 38.3 Å². The molecule has 6 heteroatoms. The van der Waals surface area contributed by atoms with Crippen LogP contribution in [0.15, 0.2) is 18.2 Å². The second-order valence-corrected chi connectivity index (χ2v) is 6.23.